The average Bonchev–Trinajstić information content (AvgIpc) is 3.32. The lowest BCUT2D eigenvalue weighted by molar-refractivity contribution is -0.121. The first kappa shape index (κ1) is 18.2. The zero-order valence-corrected chi connectivity index (χ0v) is 15.4. The molecule has 10 heteroatoms. The van der Waals surface area contributed by atoms with Crippen LogP contribution in [0.5, 0.6) is 5.75 Å². The second kappa shape index (κ2) is 7.80. The van der Waals surface area contributed by atoms with Crippen LogP contribution >= 0.6 is 0 Å². The minimum absolute atomic E-state index is 0.0396. The van der Waals surface area contributed by atoms with Crippen molar-refractivity contribution < 1.29 is 14.2 Å². The van der Waals surface area contributed by atoms with E-state index in [1.165, 1.54) is 0 Å². The van der Waals surface area contributed by atoms with Gasteiger partial charge < -0.3 is 15.0 Å². The van der Waals surface area contributed by atoms with Crippen molar-refractivity contribution in [2.24, 2.45) is 5.10 Å². The Bertz CT molecular complexity index is 1180. The fourth-order valence-corrected chi connectivity index (χ4v) is 2.81. The summed E-state index contributed by atoms with van der Waals surface area (Å²) in [6.45, 7) is -0.0396. The van der Waals surface area contributed by atoms with Crippen LogP contribution in [0.3, 0.4) is 0 Å². The number of hydrazone groups is 1. The van der Waals surface area contributed by atoms with Crippen molar-refractivity contribution in [2.45, 2.75) is 6.54 Å². The number of carbonyl (C=O) groups is 1. The molecule has 4 rings (SSSR count). The lowest BCUT2D eigenvalue weighted by atomic mass is 10.2. The van der Waals surface area contributed by atoms with Crippen molar-refractivity contribution in [3.8, 4) is 17.3 Å². The maximum atomic E-state index is 12.5. The topological polar surface area (TPSA) is 133 Å². The number of anilines is 1. The second-order valence-electron chi connectivity index (χ2n) is 6.07. The Labute approximate surface area is 164 Å². The van der Waals surface area contributed by atoms with Crippen LogP contribution < -0.4 is 15.9 Å². The van der Waals surface area contributed by atoms with Crippen molar-refractivity contribution in [3.63, 3.8) is 0 Å². The predicted molar refractivity (Wildman–Crippen MR) is 106 cm³/mol. The first-order valence-corrected chi connectivity index (χ1v) is 8.65. The summed E-state index contributed by atoms with van der Waals surface area (Å²) in [5, 5.41) is 11.4. The van der Waals surface area contributed by atoms with E-state index in [4.69, 9.17) is 10.5 Å². The van der Waals surface area contributed by atoms with Gasteiger partial charge in [-0.3, -0.25) is 4.79 Å². The van der Waals surface area contributed by atoms with Crippen molar-refractivity contribution >= 4 is 29.0 Å². The van der Waals surface area contributed by atoms with Gasteiger partial charge in [-0.25, -0.2) is 15.0 Å². The molecule has 0 spiro atoms. The number of nitrogen functional groups attached to an aromatic ring is 1. The maximum absolute atomic E-state index is 12.5. The number of fused-ring (bicyclic) bond motifs is 1. The van der Waals surface area contributed by atoms with E-state index in [-0.39, 0.29) is 24.0 Å². The van der Waals surface area contributed by atoms with Crippen LogP contribution in [0.15, 0.2) is 58.3 Å². The third-order valence-corrected chi connectivity index (χ3v) is 4.20. The summed E-state index contributed by atoms with van der Waals surface area (Å²) < 4.78 is 11.5. The van der Waals surface area contributed by atoms with Crippen LogP contribution in [0.1, 0.15) is 5.56 Å². The van der Waals surface area contributed by atoms with Gasteiger partial charge in [0.2, 0.25) is 0 Å². The van der Waals surface area contributed by atoms with Gasteiger partial charge in [0.1, 0.15) is 12.3 Å². The number of carbonyl (C=O) groups excluding carboxylic acids is 1. The number of para-hydroxylation sites is 2. The first-order chi connectivity index (χ1) is 14.2. The van der Waals surface area contributed by atoms with Crippen molar-refractivity contribution in [1.29, 1.82) is 0 Å². The lowest BCUT2D eigenvalue weighted by Crippen LogP contribution is -2.23. The normalized spacial score (nSPS) is 11.2. The number of benzene rings is 2. The van der Waals surface area contributed by atoms with Crippen LogP contribution in [0, 0.1) is 0 Å². The molecule has 2 heterocycles. The summed E-state index contributed by atoms with van der Waals surface area (Å²) in [4.78, 5) is 17.0. The third kappa shape index (κ3) is 3.76. The molecule has 0 aliphatic carbocycles. The first-order valence-electron chi connectivity index (χ1n) is 8.65. The molecule has 2 aromatic carbocycles. The molecular formula is C19H17N7O3. The van der Waals surface area contributed by atoms with E-state index in [2.05, 4.69) is 30.5 Å². The maximum Gasteiger partial charge on any atom is 0.260 e. The Kier molecular flexibility index (Phi) is 4.89. The molecule has 0 fully saturated rings. The highest BCUT2D eigenvalue weighted by Gasteiger charge is 2.20. The number of imidazole rings is 1. The Morgan fingerprint density at radius 1 is 1.24 bits per heavy atom. The van der Waals surface area contributed by atoms with E-state index in [9.17, 15) is 4.79 Å². The molecule has 0 unspecified atom stereocenters. The second-order valence-corrected chi connectivity index (χ2v) is 6.07. The van der Waals surface area contributed by atoms with Crippen LogP contribution in [0.4, 0.5) is 5.82 Å². The van der Waals surface area contributed by atoms with Gasteiger partial charge in [-0.15, -0.1) is 0 Å². The molecule has 4 aromatic rings. The molecule has 0 radical (unpaired) electrons. The Morgan fingerprint density at radius 2 is 2.03 bits per heavy atom. The highest BCUT2D eigenvalue weighted by Crippen LogP contribution is 2.26. The molecule has 1 amide bonds. The van der Waals surface area contributed by atoms with E-state index in [0.29, 0.717) is 11.3 Å². The number of aromatic nitrogens is 4. The van der Waals surface area contributed by atoms with Gasteiger partial charge in [-0.1, -0.05) is 12.1 Å². The molecule has 2 aromatic heterocycles. The monoisotopic (exact) mass is 391 g/mol. The van der Waals surface area contributed by atoms with E-state index < -0.39 is 0 Å². The van der Waals surface area contributed by atoms with Gasteiger partial charge in [0.05, 0.1) is 24.4 Å². The molecular weight excluding hydrogens is 374 g/mol. The Balaban J connectivity index is 1.54. The van der Waals surface area contributed by atoms with Crippen molar-refractivity contribution in [3.05, 3.63) is 54.1 Å². The number of nitrogens with one attached hydrogen (secondary N) is 1. The molecule has 0 atom stereocenters. The molecule has 0 saturated carbocycles. The molecule has 0 saturated heterocycles. The Morgan fingerprint density at radius 3 is 2.76 bits per heavy atom. The minimum Gasteiger partial charge on any atom is -0.497 e. The summed E-state index contributed by atoms with van der Waals surface area (Å²) in [6.07, 6.45) is 1.55. The van der Waals surface area contributed by atoms with Crippen LogP contribution in [0.2, 0.25) is 0 Å². The number of ether oxygens (including phenoxy) is 1. The number of nitrogens with zero attached hydrogens (tertiary/aromatic N) is 5. The minimum atomic E-state index is -0.339. The van der Waals surface area contributed by atoms with Crippen LogP contribution in [-0.4, -0.2) is 39.1 Å². The number of rotatable bonds is 6. The third-order valence-electron chi connectivity index (χ3n) is 4.20. The summed E-state index contributed by atoms with van der Waals surface area (Å²) in [5.74, 6) is 0.889. The zero-order chi connectivity index (χ0) is 20.2. The SMILES string of the molecule is COc1ccc(/C=N/NC(=O)Cn2c(-c3nonc3N)nc3ccccc32)cc1. The number of hydrogen-bond acceptors (Lipinski definition) is 8. The molecule has 146 valence electrons. The smallest absolute Gasteiger partial charge is 0.260 e. The molecule has 10 nitrogen and oxygen atoms in total. The average molecular weight is 391 g/mol. The summed E-state index contributed by atoms with van der Waals surface area (Å²) in [6, 6.07) is 14.7. The largest absolute Gasteiger partial charge is 0.497 e. The van der Waals surface area contributed by atoms with Gasteiger partial charge in [0, 0.05) is 0 Å². The lowest BCUT2D eigenvalue weighted by Gasteiger charge is -2.06. The summed E-state index contributed by atoms with van der Waals surface area (Å²) in [7, 11) is 1.60. The number of nitrogens with two attached hydrogens (primary N) is 1. The molecule has 0 aliphatic rings. The van der Waals surface area contributed by atoms with Crippen molar-refractivity contribution in [1.82, 2.24) is 25.3 Å². The molecule has 0 bridgehead atoms. The highest BCUT2D eigenvalue weighted by atomic mass is 16.6. The fourth-order valence-electron chi connectivity index (χ4n) is 2.81. The standard InChI is InChI=1S/C19H17N7O3/c1-28-13-8-6-12(7-9-13)10-21-23-16(27)11-26-15-5-3-2-4-14(15)22-19(26)17-18(20)25-29-24-17/h2-10H,11H2,1H3,(H2,20,25)(H,23,27)/b21-10+. The van der Waals surface area contributed by atoms with Gasteiger partial charge in [-0.2, -0.15) is 5.10 Å². The van der Waals surface area contributed by atoms with Gasteiger partial charge in [0.25, 0.3) is 5.91 Å². The van der Waals surface area contributed by atoms with Crippen LogP contribution in [0.25, 0.3) is 22.6 Å². The van der Waals surface area contributed by atoms with E-state index in [1.54, 1.807) is 17.9 Å². The van der Waals surface area contributed by atoms with E-state index >= 15 is 0 Å². The van der Waals surface area contributed by atoms with E-state index in [1.807, 2.05) is 48.5 Å². The number of methoxy groups -OCH3 is 1. The quantitative estimate of drug-likeness (QED) is 0.378. The Hall–Kier alpha value is -4.21. The highest BCUT2D eigenvalue weighted by molar-refractivity contribution is 5.86. The van der Waals surface area contributed by atoms with Gasteiger partial charge in [-0.05, 0) is 52.3 Å². The summed E-state index contributed by atoms with van der Waals surface area (Å²) >= 11 is 0. The zero-order valence-electron chi connectivity index (χ0n) is 15.4. The van der Waals surface area contributed by atoms with Crippen molar-refractivity contribution in [2.75, 3.05) is 12.8 Å². The fraction of sp³-hybridized carbons (Fsp3) is 0.105. The number of hydrogen-bond donors (Lipinski definition) is 2. The molecule has 3 N–H and O–H groups in total. The predicted octanol–water partition coefficient (Wildman–Crippen LogP) is 1.83. The van der Waals surface area contributed by atoms with E-state index in [0.717, 1.165) is 16.8 Å². The van der Waals surface area contributed by atoms with Gasteiger partial charge >= 0.3 is 0 Å². The molecule has 29 heavy (non-hydrogen) atoms. The molecule has 0 aliphatic heterocycles. The number of amides is 1. The summed E-state index contributed by atoms with van der Waals surface area (Å²) in [5.41, 5.74) is 10.9. The van der Waals surface area contributed by atoms with Gasteiger partial charge in [0.15, 0.2) is 17.3 Å². The van der Waals surface area contributed by atoms with Crippen LogP contribution in [-0.2, 0) is 11.3 Å².